The summed E-state index contributed by atoms with van der Waals surface area (Å²) in [4.78, 5) is 4.88. The van der Waals surface area contributed by atoms with Crippen molar-refractivity contribution in [2.75, 3.05) is 32.7 Å². The van der Waals surface area contributed by atoms with E-state index in [1.807, 2.05) is 31.2 Å². The molecule has 2 saturated heterocycles. The van der Waals surface area contributed by atoms with Crippen molar-refractivity contribution in [2.45, 2.75) is 33.1 Å². The molecule has 3 N–H and O–H groups in total. The maximum Gasteiger partial charge on any atom is 0.0912 e. The van der Waals surface area contributed by atoms with Crippen molar-refractivity contribution in [3.8, 4) is 0 Å². The highest BCUT2D eigenvalue weighted by Crippen LogP contribution is 2.35. The average Bonchev–Trinajstić information content (AvgIpc) is 3.26. The van der Waals surface area contributed by atoms with Gasteiger partial charge in [-0.3, -0.25) is 0 Å². The molecule has 1 aromatic carbocycles. The van der Waals surface area contributed by atoms with E-state index in [4.69, 9.17) is 11.1 Å². The highest BCUT2D eigenvalue weighted by atomic mass is 15.3. The first-order valence-corrected chi connectivity index (χ1v) is 11.2. The fourth-order valence-corrected chi connectivity index (χ4v) is 5.06. The van der Waals surface area contributed by atoms with Gasteiger partial charge >= 0.3 is 0 Å². The molecule has 0 aromatic heterocycles. The molecule has 3 rings (SSSR count). The number of hydrogen-bond acceptors (Lipinski definition) is 4. The molecular formula is C26H38N4. The summed E-state index contributed by atoms with van der Waals surface area (Å²) in [5.74, 6) is 2.97. The lowest BCUT2D eigenvalue weighted by Gasteiger charge is -2.30. The maximum absolute atomic E-state index is 8.47. The summed E-state index contributed by atoms with van der Waals surface area (Å²) >= 11 is 0. The monoisotopic (exact) mass is 406 g/mol. The van der Waals surface area contributed by atoms with Gasteiger partial charge in [-0.15, -0.1) is 0 Å². The second kappa shape index (κ2) is 10.1. The number of fused-ring (bicyclic) bond motifs is 1. The molecule has 0 radical (unpaired) electrons. The number of hydrogen-bond donors (Lipinski definition) is 2. The third kappa shape index (κ3) is 5.63. The Balaban J connectivity index is 1.65. The predicted molar refractivity (Wildman–Crippen MR) is 128 cm³/mol. The molecule has 1 aromatic rings. The summed E-state index contributed by atoms with van der Waals surface area (Å²) in [5, 5.41) is 8.47. The van der Waals surface area contributed by atoms with Crippen LogP contribution in [0, 0.1) is 30.1 Å². The standard InChI is InChI=1S/C26H38N4/c1-5-6-7-8-25(28)13-26(22-11-9-19(2)10-12-22)20(3)14-29-15-23-17-30(21(4)27)18-24(23)16-29/h5-12,20,23-24,26,28H,4,13-18,27H2,1-3H3/b6-5-,8-7-,28-25?. The van der Waals surface area contributed by atoms with Crippen LogP contribution in [0.25, 0.3) is 0 Å². The Morgan fingerprint density at radius 3 is 2.37 bits per heavy atom. The molecule has 2 heterocycles. The zero-order valence-corrected chi connectivity index (χ0v) is 18.8. The van der Waals surface area contributed by atoms with Crippen molar-refractivity contribution in [3.05, 3.63) is 72.1 Å². The molecule has 0 bridgehead atoms. The zero-order valence-electron chi connectivity index (χ0n) is 18.8. The van der Waals surface area contributed by atoms with Crippen LogP contribution in [0.1, 0.15) is 37.3 Å². The second-order valence-corrected chi connectivity index (χ2v) is 9.24. The molecule has 4 atom stereocenters. The Morgan fingerprint density at radius 2 is 1.80 bits per heavy atom. The number of nitrogens with zero attached hydrogens (tertiary/aromatic N) is 2. The third-order valence-corrected chi connectivity index (χ3v) is 6.75. The minimum atomic E-state index is 0.356. The lowest BCUT2D eigenvalue weighted by atomic mass is 9.82. The Kier molecular flexibility index (Phi) is 7.54. The number of likely N-dealkylation sites (tertiary alicyclic amines) is 2. The first-order chi connectivity index (χ1) is 14.4. The van der Waals surface area contributed by atoms with E-state index < -0.39 is 0 Å². The Morgan fingerprint density at radius 1 is 1.17 bits per heavy atom. The molecule has 0 aliphatic carbocycles. The van der Waals surface area contributed by atoms with Gasteiger partial charge < -0.3 is 20.9 Å². The highest BCUT2D eigenvalue weighted by Gasteiger charge is 2.40. The molecule has 2 fully saturated rings. The smallest absolute Gasteiger partial charge is 0.0912 e. The summed E-state index contributed by atoms with van der Waals surface area (Å²) < 4.78 is 0. The molecule has 2 aliphatic rings. The van der Waals surface area contributed by atoms with Crippen molar-refractivity contribution in [1.29, 1.82) is 5.41 Å². The molecule has 162 valence electrons. The summed E-state index contributed by atoms with van der Waals surface area (Å²) in [7, 11) is 0. The maximum atomic E-state index is 8.47. The summed E-state index contributed by atoms with van der Waals surface area (Å²) in [5.41, 5.74) is 9.24. The van der Waals surface area contributed by atoms with E-state index in [-0.39, 0.29) is 0 Å². The lowest BCUT2D eigenvalue weighted by Crippen LogP contribution is -2.34. The van der Waals surface area contributed by atoms with Crippen molar-refractivity contribution in [1.82, 2.24) is 9.80 Å². The molecule has 30 heavy (non-hydrogen) atoms. The summed E-state index contributed by atoms with van der Waals surface area (Å²) in [6.07, 6.45) is 8.66. The van der Waals surface area contributed by atoms with Crippen molar-refractivity contribution < 1.29 is 0 Å². The van der Waals surface area contributed by atoms with Crippen molar-refractivity contribution in [3.63, 3.8) is 0 Å². The molecule has 2 aliphatic heterocycles. The third-order valence-electron chi connectivity index (χ3n) is 6.75. The molecule has 0 saturated carbocycles. The molecule has 4 unspecified atom stereocenters. The largest absolute Gasteiger partial charge is 0.386 e. The van der Waals surface area contributed by atoms with E-state index in [1.54, 1.807) is 0 Å². The zero-order chi connectivity index (χ0) is 21.7. The number of rotatable bonds is 9. The van der Waals surface area contributed by atoms with Crippen LogP contribution < -0.4 is 5.73 Å². The van der Waals surface area contributed by atoms with Gasteiger partial charge in [-0.2, -0.15) is 0 Å². The number of aryl methyl sites for hydroxylation is 1. The van der Waals surface area contributed by atoms with E-state index >= 15 is 0 Å². The van der Waals surface area contributed by atoms with Gasteiger partial charge in [0.25, 0.3) is 0 Å². The second-order valence-electron chi connectivity index (χ2n) is 9.24. The minimum absolute atomic E-state index is 0.356. The topological polar surface area (TPSA) is 56.4 Å². The van der Waals surface area contributed by atoms with E-state index in [2.05, 4.69) is 54.5 Å². The van der Waals surface area contributed by atoms with Crippen LogP contribution >= 0.6 is 0 Å². The quantitative estimate of drug-likeness (QED) is 0.467. The normalized spacial score (nSPS) is 23.9. The van der Waals surface area contributed by atoms with Crippen LogP contribution in [0.2, 0.25) is 0 Å². The van der Waals surface area contributed by atoms with Crippen LogP contribution in [-0.2, 0) is 0 Å². The Hall–Kier alpha value is -2.33. The van der Waals surface area contributed by atoms with E-state index in [0.717, 1.165) is 39.1 Å². The Labute approximate surface area is 182 Å². The van der Waals surface area contributed by atoms with Gasteiger partial charge in [0.1, 0.15) is 0 Å². The molecule has 4 heteroatoms. The number of allylic oxidation sites excluding steroid dienone is 4. The minimum Gasteiger partial charge on any atom is -0.386 e. The SMILES string of the molecule is C=C(N)N1CC2CN(CC(C)C(CC(=N)/C=C\C=C/C)c3ccc(C)cc3)CC2C1. The fourth-order valence-electron chi connectivity index (χ4n) is 5.06. The van der Waals surface area contributed by atoms with Crippen LogP contribution in [0.5, 0.6) is 0 Å². The predicted octanol–water partition coefficient (Wildman–Crippen LogP) is 4.55. The van der Waals surface area contributed by atoms with E-state index in [1.165, 1.54) is 11.1 Å². The lowest BCUT2D eigenvalue weighted by molar-refractivity contribution is 0.235. The number of nitrogens with one attached hydrogen (secondary N) is 1. The first-order valence-electron chi connectivity index (χ1n) is 11.2. The number of benzene rings is 1. The first kappa shape index (κ1) is 22.4. The van der Waals surface area contributed by atoms with Crippen LogP contribution in [0.15, 0.2) is 61.0 Å². The van der Waals surface area contributed by atoms with E-state index in [9.17, 15) is 0 Å². The van der Waals surface area contributed by atoms with E-state index in [0.29, 0.717) is 35.2 Å². The van der Waals surface area contributed by atoms with Gasteiger partial charge in [0.05, 0.1) is 5.82 Å². The Bertz CT molecular complexity index is 778. The molecular weight excluding hydrogens is 368 g/mol. The average molecular weight is 407 g/mol. The molecule has 4 nitrogen and oxygen atoms in total. The molecule has 0 spiro atoms. The van der Waals surface area contributed by atoms with Crippen molar-refractivity contribution >= 4 is 5.71 Å². The highest BCUT2D eigenvalue weighted by molar-refractivity contribution is 5.93. The molecule has 0 amide bonds. The summed E-state index contributed by atoms with van der Waals surface area (Å²) in [6, 6.07) is 8.90. The van der Waals surface area contributed by atoms with Gasteiger partial charge in [-0.1, -0.05) is 61.6 Å². The summed E-state index contributed by atoms with van der Waals surface area (Å²) in [6.45, 7) is 15.9. The van der Waals surface area contributed by atoms with Crippen LogP contribution in [0.3, 0.4) is 0 Å². The van der Waals surface area contributed by atoms with Crippen LogP contribution in [-0.4, -0.2) is 48.2 Å². The van der Waals surface area contributed by atoms with Crippen molar-refractivity contribution in [2.24, 2.45) is 23.5 Å². The fraction of sp³-hybridized carbons (Fsp3) is 0.500. The number of nitrogens with two attached hydrogens (primary N) is 1. The van der Waals surface area contributed by atoms with Gasteiger partial charge in [0, 0.05) is 38.4 Å². The van der Waals surface area contributed by atoms with Gasteiger partial charge in [0.2, 0.25) is 0 Å². The van der Waals surface area contributed by atoms with Gasteiger partial charge in [0.15, 0.2) is 0 Å². The van der Waals surface area contributed by atoms with Gasteiger partial charge in [-0.05, 0) is 55.6 Å². The van der Waals surface area contributed by atoms with Crippen LogP contribution in [0.4, 0.5) is 0 Å². The van der Waals surface area contributed by atoms with Gasteiger partial charge in [-0.25, -0.2) is 0 Å².